The van der Waals surface area contributed by atoms with Crippen LogP contribution in [0.2, 0.25) is 0 Å². The molecule has 2 nitrogen and oxygen atoms in total. The molecule has 1 amide bonds. The Hall–Kier alpha value is -0.530. The Balaban J connectivity index is 1.77. The average Bonchev–Trinajstić information content (AvgIpc) is 3.28. The Bertz CT molecular complexity index is 277. The van der Waals surface area contributed by atoms with E-state index in [0.717, 1.165) is 18.3 Å². The fraction of sp³-hybridized carbons (Fsp3) is 0.950. The highest BCUT2D eigenvalue weighted by Crippen LogP contribution is 2.45. The maximum absolute atomic E-state index is 11.1. The number of unbranched alkanes of at least 4 members (excludes halogenated alkanes) is 9. The molecule has 0 aromatic heterocycles. The molecule has 2 unspecified atom stereocenters. The smallest absolute Gasteiger partial charge is 0.219 e. The molecule has 0 aliphatic heterocycles. The third-order valence-corrected chi connectivity index (χ3v) is 5.26. The van der Waals surface area contributed by atoms with Gasteiger partial charge in [-0.3, -0.25) is 4.79 Å². The molecule has 2 heteroatoms. The molecule has 1 aliphatic rings. The molecule has 1 fully saturated rings. The minimum absolute atomic E-state index is 0.190. The molecule has 1 rings (SSSR count). The predicted octanol–water partition coefficient (Wildman–Crippen LogP) is 5.85. The van der Waals surface area contributed by atoms with Crippen LogP contribution in [-0.4, -0.2) is 13.0 Å². The number of hydrogen-bond acceptors (Lipinski definition) is 1. The van der Waals surface area contributed by atoms with Gasteiger partial charge < -0.3 is 5.32 Å². The number of hydrogen-bond donors (Lipinski definition) is 1. The molecular weight excluding hydrogens is 270 g/mol. The molecule has 2 atom stereocenters. The maximum atomic E-state index is 11.1. The van der Waals surface area contributed by atoms with Crippen molar-refractivity contribution in [3.8, 4) is 0 Å². The average molecular weight is 310 g/mol. The van der Waals surface area contributed by atoms with Gasteiger partial charge >= 0.3 is 0 Å². The van der Waals surface area contributed by atoms with Crippen LogP contribution in [0, 0.1) is 11.8 Å². The fourth-order valence-corrected chi connectivity index (χ4v) is 3.55. The van der Waals surface area contributed by atoms with Gasteiger partial charge in [-0.2, -0.15) is 0 Å². The maximum Gasteiger partial charge on any atom is 0.219 e. The first kappa shape index (κ1) is 19.5. The van der Waals surface area contributed by atoms with E-state index in [9.17, 15) is 4.79 Å². The molecule has 1 saturated carbocycles. The Morgan fingerprint density at radius 2 is 1.32 bits per heavy atom. The fourth-order valence-electron chi connectivity index (χ4n) is 3.55. The van der Waals surface area contributed by atoms with Gasteiger partial charge in [-0.1, -0.05) is 84.0 Å². The molecule has 0 aromatic rings. The summed E-state index contributed by atoms with van der Waals surface area (Å²) in [4.78, 5) is 11.1. The highest BCUT2D eigenvalue weighted by molar-refractivity contribution is 5.75. The van der Waals surface area contributed by atoms with E-state index >= 15 is 0 Å². The number of nitrogens with one attached hydrogen (secondary N) is 1. The summed E-state index contributed by atoms with van der Waals surface area (Å²) in [5.74, 6) is 2.34. The van der Waals surface area contributed by atoms with Crippen molar-refractivity contribution < 1.29 is 4.79 Å². The molecule has 0 radical (unpaired) electrons. The second-order valence-corrected chi connectivity index (χ2v) is 7.29. The summed E-state index contributed by atoms with van der Waals surface area (Å²) in [6.07, 6.45) is 20.2. The van der Waals surface area contributed by atoms with Gasteiger partial charge in [0.1, 0.15) is 0 Å². The normalized spacial score (nSPS) is 20.1. The highest BCUT2D eigenvalue weighted by Gasteiger charge is 2.34. The van der Waals surface area contributed by atoms with Crippen LogP contribution in [-0.2, 0) is 4.79 Å². The lowest BCUT2D eigenvalue weighted by Gasteiger charge is -2.03. The van der Waals surface area contributed by atoms with Crippen molar-refractivity contribution >= 4 is 5.91 Å². The van der Waals surface area contributed by atoms with Crippen LogP contribution in [0.4, 0.5) is 0 Å². The summed E-state index contributed by atoms with van der Waals surface area (Å²) in [7, 11) is 1.72. The van der Waals surface area contributed by atoms with E-state index in [2.05, 4.69) is 12.2 Å². The monoisotopic (exact) mass is 309 g/mol. The van der Waals surface area contributed by atoms with Crippen molar-refractivity contribution in [3.63, 3.8) is 0 Å². The lowest BCUT2D eigenvalue weighted by atomic mass is 10.0. The quantitative estimate of drug-likeness (QED) is 0.378. The Kier molecular flexibility index (Phi) is 11.5. The van der Waals surface area contributed by atoms with Crippen molar-refractivity contribution in [1.82, 2.24) is 5.32 Å². The van der Waals surface area contributed by atoms with E-state index in [1.54, 1.807) is 7.05 Å². The van der Waals surface area contributed by atoms with Crippen molar-refractivity contribution in [1.29, 1.82) is 0 Å². The van der Waals surface area contributed by atoms with Crippen molar-refractivity contribution in [2.75, 3.05) is 7.05 Å². The standard InChI is InChI=1S/C20H39NO/c1-3-4-5-6-8-11-14-18-17-19(18)15-12-9-7-10-13-16-20(22)21-2/h18-19H,3-17H2,1-2H3,(H,21,22). The summed E-state index contributed by atoms with van der Waals surface area (Å²) in [5, 5.41) is 2.69. The number of rotatable bonds is 15. The largest absolute Gasteiger partial charge is 0.359 e. The van der Waals surface area contributed by atoms with Crippen LogP contribution >= 0.6 is 0 Å². The molecule has 0 bridgehead atoms. The molecule has 0 aromatic carbocycles. The third-order valence-electron chi connectivity index (χ3n) is 5.26. The second-order valence-electron chi connectivity index (χ2n) is 7.29. The molecule has 0 heterocycles. The topological polar surface area (TPSA) is 29.1 Å². The van der Waals surface area contributed by atoms with Gasteiger partial charge in [0, 0.05) is 13.5 Å². The van der Waals surface area contributed by atoms with Crippen LogP contribution < -0.4 is 5.32 Å². The van der Waals surface area contributed by atoms with Gasteiger partial charge in [-0.25, -0.2) is 0 Å². The Labute approximate surface area is 138 Å². The van der Waals surface area contributed by atoms with E-state index in [1.807, 2.05) is 0 Å². The number of carbonyl (C=O) groups is 1. The minimum atomic E-state index is 0.190. The van der Waals surface area contributed by atoms with E-state index in [-0.39, 0.29) is 5.91 Å². The van der Waals surface area contributed by atoms with Gasteiger partial charge in [0.25, 0.3) is 0 Å². The van der Waals surface area contributed by atoms with Crippen molar-refractivity contribution in [2.45, 2.75) is 103 Å². The summed E-state index contributed by atoms with van der Waals surface area (Å²) in [5.41, 5.74) is 0. The zero-order valence-electron chi connectivity index (χ0n) is 15.2. The molecule has 0 saturated heterocycles. The lowest BCUT2D eigenvalue weighted by molar-refractivity contribution is -0.120. The van der Waals surface area contributed by atoms with E-state index in [1.165, 1.54) is 83.5 Å². The second kappa shape index (κ2) is 13.0. The third kappa shape index (κ3) is 10.2. The van der Waals surface area contributed by atoms with Gasteiger partial charge in [0.15, 0.2) is 0 Å². The molecule has 130 valence electrons. The summed E-state index contributed by atoms with van der Waals surface area (Å²) in [6, 6.07) is 0. The Morgan fingerprint density at radius 3 is 1.86 bits per heavy atom. The van der Waals surface area contributed by atoms with Crippen molar-refractivity contribution in [3.05, 3.63) is 0 Å². The molecule has 22 heavy (non-hydrogen) atoms. The van der Waals surface area contributed by atoms with Crippen LogP contribution in [0.1, 0.15) is 103 Å². The van der Waals surface area contributed by atoms with Crippen LogP contribution in [0.3, 0.4) is 0 Å². The Morgan fingerprint density at radius 1 is 0.818 bits per heavy atom. The molecule has 0 spiro atoms. The van der Waals surface area contributed by atoms with Crippen LogP contribution in [0.15, 0.2) is 0 Å². The SMILES string of the molecule is CCCCCCCCC1CC1CCCCCCCC(=O)NC. The van der Waals surface area contributed by atoms with Gasteiger partial charge in [0.2, 0.25) is 5.91 Å². The minimum Gasteiger partial charge on any atom is -0.359 e. The molecular formula is C20H39NO. The molecule has 1 aliphatic carbocycles. The van der Waals surface area contributed by atoms with Gasteiger partial charge in [-0.15, -0.1) is 0 Å². The van der Waals surface area contributed by atoms with E-state index in [0.29, 0.717) is 6.42 Å². The zero-order valence-corrected chi connectivity index (χ0v) is 15.2. The summed E-state index contributed by atoms with van der Waals surface area (Å²) >= 11 is 0. The number of amides is 1. The van der Waals surface area contributed by atoms with Crippen LogP contribution in [0.25, 0.3) is 0 Å². The van der Waals surface area contributed by atoms with E-state index < -0.39 is 0 Å². The summed E-state index contributed by atoms with van der Waals surface area (Å²) < 4.78 is 0. The number of carbonyl (C=O) groups excluding carboxylic acids is 1. The first-order valence-electron chi connectivity index (χ1n) is 9.98. The van der Waals surface area contributed by atoms with Crippen molar-refractivity contribution in [2.24, 2.45) is 11.8 Å². The zero-order chi connectivity index (χ0) is 16.0. The lowest BCUT2D eigenvalue weighted by Crippen LogP contribution is -2.16. The van der Waals surface area contributed by atoms with Gasteiger partial charge in [-0.05, 0) is 24.7 Å². The van der Waals surface area contributed by atoms with Gasteiger partial charge in [0.05, 0.1) is 0 Å². The van der Waals surface area contributed by atoms with E-state index in [4.69, 9.17) is 0 Å². The first-order valence-corrected chi connectivity index (χ1v) is 9.98. The predicted molar refractivity (Wildman–Crippen MR) is 96.0 cm³/mol. The molecule has 1 N–H and O–H groups in total. The van der Waals surface area contributed by atoms with Crippen LogP contribution in [0.5, 0.6) is 0 Å². The first-order chi connectivity index (χ1) is 10.8. The summed E-state index contributed by atoms with van der Waals surface area (Å²) in [6.45, 7) is 2.29. The highest BCUT2D eigenvalue weighted by atomic mass is 16.1.